The fraction of sp³-hybridized carbons (Fsp3) is 0.233. The zero-order valence-electron chi connectivity index (χ0n) is 21.8. The molecule has 9 heteroatoms. The molecule has 200 valence electrons. The number of hydrogen-bond acceptors (Lipinski definition) is 7. The minimum atomic E-state index is -0.545. The molecule has 1 aromatic heterocycles. The van der Waals surface area contributed by atoms with E-state index in [-0.39, 0.29) is 5.97 Å². The smallest absolute Gasteiger partial charge is 0.338 e. The molecule has 5 rings (SSSR count). The van der Waals surface area contributed by atoms with Gasteiger partial charge in [-0.1, -0.05) is 85.2 Å². The van der Waals surface area contributed by atoms with E-state index < -0.39 is 6.04 Å². The Bertz CT molecular complexity index is 1490. The predicted molar refractivity (Wildman–Crippen MR) is 154 cm³/mol. The number of allylic oxidation sites excluding steroid dienone is 1. The second kappa shape index (κ2) is 12.4. The van der Waals surface area contributed by atoms with Crippen molar-refractivity contribution in [3.63, 3.8) is 0 Å². The van der Waals surface area contributed by atoms with Gasteiger partial charge in [0, 0.05) is 16.5 Å². The van der Waals surface area contributed by atoms with Gasteiger partial charge in [-0.3, -0.25) is 0 Å². The number of anilines is 1. The second-order valence-electron chi connectivity index (χ2n) is 9.09. The fourth-order valence-electron chi connectivity index (χ4n) is 4.28. The van der Waals surface area contributed by atoms with Crippen LogP contribution >= 0.6 is 23.4 Å². The number of nitrogens with one attached hydrogen (secondary N) is 1. The minimum Gasteiger partial charge on any atom is -0.462 e. The van der Waals surface area contributed by atoms with Gasteiger partial charge in [-0.2, -0.15) is 4.98 Å². The van der Waals surface area contributed by atoms with Crippen LogP contribution in [0.15, 0.2) is 95.3 Å². The van der Waals surface area contributed by atoms with Gasteiger partial charge < -0.3 is 14.8 Å². The average Bonchev–Trinajstić information content (AvgIpc) is 3.35. The van der Waals surface area contributed by atoms with E-state index in [0.29, 0.717) is 45.5 Å². The van der Waals surface area contributed by atoms with Crippen LogP contribution < -0.4 is 10.1 Å². The number of para-hydroxylation sites is 1. The zero-order chi connectivity index (χ0) is 27.2. The van der Waals surface area contributed by atoms with E-state index in [1.165, 1.54) is 11.8 Å². The molecule has 0 bridgehead atoms. The Labute approximate surface area is 237 Å². The van der Waals surface area contributed by atoms with Gasteiger partial charge in [-0.15, -0.1) is 5.10 Å². The number of rotatable bonds is 10. The summed E-state index contributed by atoms with van der Waals surface area (Å²) >= 11 is 7.84. The molecule has 0 saturated carbocycles. The highest BCUT2D eigenvalue weighted by atomic mass is 35.5. The summed E-state index contributed by atoms with van der Waals surface area (Å²) in [5, 5.41) is 9.35. The van der Waals surface area contributed by atoms with Gasteiger partial charge in [0.2, 0.25) is 11.1 Å². The van der Waals surface area contributed by atoms with Crippen molar-refractivity contribution < 1.29 is 14.3 Å². The number of halogens is 1. The first-order valence-corrected chi connectivity index (χ1v) is 14.2. The Morgan fingerprint density at radius 2 is 1.82 bits per heavy atom. The molecule has 1 aliphatic rings. The zero-order valence-corrected chi connectivity index (χ0v) is 23.3. The van der Waals surface area contributed by atoms with Crippen molar-refractivity contribution in [3.8, 4) is 11.5 Å². The van der Waals surface area contributed by atoms with E-state index in [9.17, 15) is 4.79 Å². The molecule has 0 radical (unpaired) electrons. The molecule has 3 aromatic carbocycles. The van der Waals surface area contributed by atoms with Gasteiger partial charge in [0.25, 0.3) is 0 Å². The maximum Gasteiger partial charge on any atom is 0.338 e. The van der Waals surface area contributed by atoms with Crippen LogP contribution in [0, 0.1) is 0 Å². The number of carbonyl (C=O) groups is 1. The van der Waals surface area contributed by atoms with E-state index in [1.807, 2.05) is 85.8 Å². The summed E-state index contributed by atoms with van der Waals surface area (Å²) in [6.45, 7) is 4.28. The number of carbonyl (C=O) groups excluding carboxylic acids is 1. The molecule has 1 atom stereocenters. The van der Waals surface area contributed by atoms with Gasteiger partial charge in [-0.25, -0.2) is 9.48 Å². The summed E-state index contributed by atoms with van der Waals surface area (Å²) < 4.78 is 13.5. The SMILES string of the molecule is CCCCOC(=O)C1=C(C)Nc2nc(SCc3ccccc3Cl)nn2C1c1cccc(Oc2ccccc2)c1. The number of ether oxygens (including phenoxy) is 2. The summed E-state index contributed by atoms with van der Waals surface area (Å²) in [6.07, 6.45) is 1.74. The second-order valence-corrected chi connectivity index (χ2v) is 10.4. The van der Waals surface area contributed by atoms with Crippen molar-refractivity contribution in [1.82, 2.24) is 14.8 Å². The lowest BCUT2D eigenvalue weighted by molar-refractivity contribution is -0.139. The van der Waals surface area contributed by atoms with E-state index in [0.717, 1.165) is 29.7 Å². The summed E-state index contributed by atoms with van der Waals surface area (Å²) in [5.74, 6) is 2.18. The molecule has 39 heavy (non-hydrogen) atoms. The van der Waals surface area contributed by atoms with E-state index in [1.54, 1.807) is 4.68 Å². The third-order valence-corrected chi connectivity index (χ3v) is 7.51. The standard InChI is InChI=1S/C30H29ClN4O3S/c1-3-4-17-37-28(36)26-20(2)32-29-33-30(39-19-22-11-8-9-16-25(22)31)34-35(29)27(26)21-12-10-15-24(18-21)38-23-13-6-5-7-14-23/h5-16,18,27H,3-4,17,19H2,1-2H3,(H,32,33,34). The first kappa shape index (κ1) is 26.8. The topological polar surface area (TPSA) is 78.3 Å². The van der Waals surface area contributed by atoms with Gasteiger partial charge in [0.1, 0.15) is 17.5 Å². The summed E-state index contributed by atoms with van der Waals surface area (Å²) in [6, 6.07) is 24.4. The third kappa shape index (κ3) is 6.29. The molecule has 1 unspecified atom stereocenters. The lowest BCUT2D eigenvalue weighted by Gasteiger charge is -2.28. The Morgan fingerprint density at radius 1 is 1.05 bits per heavy atom. The Morgan fingerprint density at radius 3 is 2.62 bits per heavy atom. The predicted octanol–water partition coefficient (Wildman–Crippen LogP) is 7.65. The van der Waals surface area contributed by atoms with Gasteiger partial charge in [0.05, 0.1) is 12.2 Å². The van der Waals surface area contributed by atoms with Gasteiger partial charge in [-0.05, 0) is 54.8 Å². The minimum absolute atomic E-state index is 0.360. The Hall–Kier alpha value is -3.75. The molecule has 0 spiro atoms. The molecule has 1 N–H and O–H groups in total. The van der Waals surface area contributed by atoms with Crippen molar-refractivity contribution in [1.29, 1.82) is 0 Å². The van der Waals surface area contributed by atoms with Crippen LogP contribution in [0.25, 0.3) is 0 Å². The number of fused-ring (bicyclic) bond motifs is 1. The van der Waals surface area contributed by atoms with Crippen LogP contribution in [0.5, 0.6) is 11.5 Å². The van der Waals surface area contributed by atoms with Gasteiger partial charge in [0.15, 0.2) is 0 Å². The number of nitrogens with zero attached hydrogens (tertiary/aromatic N) is 3. The molecule has 0 fully saturated rings. The maximum absolute atomic E-state index is 13.4. The van der Waals surface area contributed by atoms with Crippen LogP contribution in [-0.4, -0.2) is 27.3 Å². The number of aromatic nitrogens is 3. The number of hydrogen-bond donors (Lipinski definition) is 1. The summed E-state index contributed by atoms with van der Waals surface area (Å²) in [4.78, 5) is 18.1. The summed E-state index contributed by atoms with van der Waals surface area (Å²) in [7, 11) is 0. The molecule has 0 amide bonds. The first-order valence-electron chi connectivity index (χ1n) is 12.8. The number of thioether (sulfide) groups is 1. The highest BCUT2D eigenvalue weighted by Gasteiger charge is 2.35. The van der Waals surface area contributed by atoms with Crippen LogP contribution in [0.1, 0.15) is 43.9 Å². The van der Waals surface area contributed by atoms with Crippen LogP contribution in [0.4, 0.5) is 5.95 Å². The molecule has 0 aliphatic carbocycles. The Kier molecular flexibility index (Phi) is 8.54. The third-order valence-electron chi connectivity index (χ3n) is 6.25. The first-order chi connectivity index (χ1) is 19.0. The van der Waals surface area contributed by atoms with Crippen molar-refractivity contribution in [3.05, 3.63) is 106 Å². The monoisotopic (exact) mass is 560 g/mol. The largest absolute Gasteiger partial charge is 0.462 e. The Balaban J connectivity index is 1.49. The van der Waals surface area contributed by atoms with Crippen molar-refractivity contribution >= 4 is 35.3 Å². The summed E-state index contributed by atoms with van der Waals surface area (Å²) in [5.41, 5.74) is 3.00. The van der Waals surface area contributed by atoms with Crippen LogP contribution in [0.2, 0.25) is 5.02 Å². The van der Waals surface area contributed by atoms with E-state index in [4.69, 9.17) is 31.2 Å². The molecule has 1 aliphatic heterocycles. The quantitative estimate of drug-likeness (QED) is 0.121. The lowest BCUT2D eigenvalue weighted by atomic mass is 9.95. The van der Waals surface area contributed by atoms with Gasteiger partial charge >= 0.3 is 5.97 Å². The molecule has 7 nitrogen and oxygen atoms in total. The lowest BCUT2D eigenvalue weighted by Crippen LogP contribution is -2.29. The highest BCUT2D eigenvalue weighted by molar-refractivity contribution is 7.98. The average molecular weight is 561 g/mol. The van der Waals surface area contributed by atoms with E-state index in [2.05, 4.69) is 12.2 Å². The highest BCUT2D eigenvalue weighted by Crippen LogP contribution is 2.38. The molecular formula is C30H29ClN4O3S. The van der Waals surface area contributed by atoms with Crippen molar-refractivity contribution in [2.45, 2.75) is 43.6 Å². The number of esters is 1. The molecule has 0 saturated heterocycles. The number of unbranched alkanes of at least 4 members (excludes halogenated alkanes) is 1. The van der Waals surface area contributed by atoms with Crippen LogP contribution in [-0.2, 0) is 15.3 Å². The van der Waals surface area contributed by atoms with Crippen LogP contribution in [0.3, 0.4) is 0 Å². The normalized spacial score (nSPS) is 14.5. The van der Waals surface area contributed by atoms with E-state index >= 15 is 0 Å². The number of benzene rings is 3. The molecule has 2 heterocycles. The van der Waals surface area contributed by atoms with Crippen molar-refractivity contribution in [2.24, 2.45) is 0 Å². The molecular weight excluding hydrogens is 532 g/mol. The van der Waals surface area contributed by atoms with Crippen molar-refractivity contribution in [2.75, 3.05) is 11.9 Å². The molecule has 4 aromatic rings. The maximum atomic E-state index is 13.4. The fourth-order valence-corrected chi connectivity index (χ4v) is 5.40.